The maximum atomic E-state index is 12.8. The summed E-state index contributed by atoms with van der Waals surface area (Å²) in [5, 5.41) is 4.77. The Labute approximate surface area is 189 Å². The highest BCUT2D eigenvalue weighted by atomic mass is 32.2. The van der Waals surface area contributed by atoms with Crippen molar-refractivity contribution in [3.63, 3.8) is 0 Å². The lowest BCUT2D eigenvalue weighted by Gasteiger charge is -2.30. The number of hydrogen-bond acceptors (Lipinski definition) is 5. The second kappa shape index (κ2) is 10.3. The SMILES string of the molecule is O=C(NCc1ccc(CN2CCCCC2)cc1)[C@@H]1CCCN(S(=O)(=O)c2cccs2)C1. The van der Waals surface area contributed by atoms with Crippen LogP contribution in [0.5, 0.6) is 0 Å². The van der Waals surface area contributed by atoms with E-state index in [1.54, 1.807) is 17.5 Å². The number of rotatable bonds is 7. The zero-order chi connectivity index (χ0) is 21.7. The molecule has 1 N–H and O–H groups in total. The lowest BCUT2D eigenvalue weighted by Crippen LogP contribution is -2.45. The topological polar surface area (TPSA) is 69.7 Å². The summed E-state index contributed by atoms with van der Waals surface area (Å²) in [6.07, 6.45) is 5.34. The average Bonchev–Trinajstić information content (AvgIpc) is 3.35. The van der Waals surface area contributed by atoms with E-state index in [1.807, 2.05) is 0 Å². The zero-order valence-corrected chi connectivity index (χ0v) is 19.5. The average molecular weight is 462 g/mol. The fraction of sp³-hybridized carbons (Fsp3) is 0.522. The minimum absolute atomic E-state index is 0.0662. The molecule has 2 fully saturated rings. The smallest absolute Gasteiger partial charge is 0.252 e. The summed E-state index contributed by atoms with van der Waals surface area (Å²) in [6, 6.07) is 11.8. The van der Waals surface area contributed by atoms with Gasteiger partial charge in [0.15, 0.2) is 0 Å². The molecule has 4 rings (SSSR count). The van der Waals surface area contributed by atoms with Gasteiger partial charge in [0.25, 0.3) is 10.0 Å². The molecule has 2 aliphatic heterocycles. The molecule has 0 radical (unpaired) electrons. The first kappa shape index (κ1) is 22.5. The maximum absolute atomic E-state index is 12.8. The van der Waals surface area contributed by atoms with Crippen molar-refractivity contribution in [3.8, 4) is 0 Å². The summed E-state index contributed by atoms with van der Waals surface area (Å²) in [5.74, 6) is -0.370. The van der Waals surface area contributed by atoms with Gasteiger partial charge in [-0.15, -0.1) is 11.3 Å². The highest BCUT2D eigenvalue weighted by Crippen LogP contribution is 2.26. The van der Waals surface area contributed by atoms with E-state index < -0.39 is 10.0 Å². The number of amides is 1. The molecule has 6 nitrogen and oxygen atoms in total. The predicted molar refractivity (Wildman–Crippen MR) is 123 cm³/mol. The number of hydrogen-bond donors (Lipinski definition) is 1. The van der Waals surface area contributed by atoms with E-state index in [2.05, 4.69) is 34.5 Å². The number of piperidine rings is 2. The number of nitrogens with one attached hydrogen (secondary N) is 1. The Morgan fingerprint density at radius 3 is 2.45 bits per heavy atom. The summed E-state index contributed by atoms with van der Waals surface area (Å²) in [6.45, 7) is 4.54. The van der Waals surface area contributed by atoms with Crippen LogP contribution in [-0.4, -0.2) is 49.7 Å². The van der Waals surface area contributed by atoms with Crippen molar-refractivity contribution in [2.24, 2.45) is 5.92 Å². The van der Waals surface area contributed by atoms with E-state index in [9.17, 15) is 13.2 Å². The molecule has 1 aromatic carbocycles. The molecule has 0 spiro atoms. The molecule has 2 aliphatic rings. The Kier molecular flexibility index (Phi) is 7.43. The summed E-state index contributed by atoms with van der Waals surface area (Å²) >= 11 is 1.22. The van der Waals surface area contributed by atoms with Crippen LogP contribution >= 0.6 is 11.3 Å². The molecule has 3 heterocycles. The van der Waals surface area contributed by atoms with Crippen LogP contribution in [0, 0.1) is 5.92 Å². The van der Waals surface area contributed by atoms with Gasteiger partial charge in [-0.2, -0.15) is 4.31 Å². The highest BCUT2D eigenvalue weighted by molar-refractivity contribution is 7.91. The third-order valence-corrected chi connectivity index (χ3v) is 9.43. The van der Waals surface area contributed by atoms with Gasteiger partial charge in [0.2, 0.25) is 5.91 Å². The molecular formula is C23H31N3O3S2. The third-order valence-electron chi connectivity index (χ3n) is 6.19. The molecule has 2 aromatic rings. The number of nitrogens with zero attached hydrogens (tertiary/aromatic N) is 2. The first-order valence-electron chi connectivity index (χ1n) is 11.1. The fourth-order valence-corrected chi connectivity index (χ4v) is 7.05. The summed E-state index contributed by atoms with van der Waals surface area (Å²) < 4.78 is 27.3. The van der Waals surface area contributed by atoms with Gasteiger partial charge < -0.3 is 5.32 Å². The van der Waals surface area contributed by atoms with Crippen LogP contribution in [0.2, 0.25) is 0 Å². The molecule has 1 aromatic heterocycles. The van der Waals surface area contributed by atoms with Crippen molar-refractivity contribution in [1.82, 2.24) is 14.5 Å². The van der Waals surface area contributed by atoms with Gasteiger partial charge in [0, 0.05) is 26.2 Å². The molecule has 0 saturated carbocycles. The van der Waals surface area contributed by atoms with Gasteiger partial charge in [-0.1, -0.05) is 36.8 Å². The Bertz CT molecular complexity index is 952. The van der Waals surface area contributed by atoms with Gasteiger partial charge in [-0.25, -0.2) is 8.42 Å². The number of carbonyl (C=O) groups excluding carboxylic acids is 1. The highest BCUT2D eigenvalue weighted by Gasteiger charge is 2.33. The minimum atomic E-state index is -3.50. The predicted octanol–water partition coefficient (Wildman–Crippen LogP) is 3.45. The van der Waals surface area contributed by atoms with E-state index in [0.29, 0.717) is 23.7 Å². The Hall–Kier alpha value is -1.74. The summed E-state index contributed by atoms with van der Waals surface area (Å²) in [5.41, 5.74) is 2.37. The molecule has 31 heavy (non-hydrogen) atoms. The van der Waals surface area contributed by atoms with Crippen LogP contribution in [0.1, 0.15) is 43.2 Å². The quantitative estimate of drug-likeness (QED) is 0.686. The monoisotopic (exact) mass is 461 g/mol. The van der Waals surface area contributed by atoms with Gasteiger partial charge in [-0.3, -0.25) is 9.69 Å². The van der Waals surface area contributed by atoms with Crippen molar-refractivity contribution in [3.05, 3.63) is 52.9 Å². The molecular weight excluding hydrogens is 430 g/mol. The number of thiophene rings is 1. The second-order valence-corrected chi connectivity index (χ2v) is 11.6. The first-order valence-corrected chi connectivity index (χ1v) is 13.5. The lowest BCUT2D eigenvalue weighted by atomic mass is 9.98. The fourth-order valence-electron chi connectivity index (χ4n) is 4.38. The molecule has 8 heteroatoms. The van der Waals surface area contributed by atoms with E-state index in [-0.39, 0.29) is 18.4 Å². The Balaban J connectivity index is 1.28. The van der Waals surface area contributed by atoms with Gasteiger partial charge >= 0.3 is 0 Å². The number of likely N-dealkylation sites (tertiary alicyclic amines) is 1. The van der Waals surface area contributed by atoms with Crippen LogP contribution in [0.15, 0.2) is 46.0 Å². The van der Waals surface area contributed by atoms with Gasteiger partial charge in [-0.05, 0) is 61.3 Å². The van der Waals surface area contributed by atoms with Crippen molar-refractivity contribution >= 4 is 27.3 Å². The van der Waals surface area contributed by atoms with E-state index >= 15 is 0 Å². The van der Waals surface area contributed by atoms with Crippen LogP contribution < -0.4 is 5.32 Å². The van der Waals surface area contributed by atoms with Crippen LogP contribution in [0.3, 0.4) is 0 Å². The van der Waals surface area contributed by atoms with E-state index in [4.69, 9.17) is 0 Å². The molecule has 0 unspecified atom stereocenters. The molecule has 2 saturated heterocycles. The summed E-state index contributed by atoms with van der Waals surface area (Å²) in [7, 11) is -3.50. The second-order valence-electron chi connectivity index (χ2n) is 8.51. The van der Waals surface area contributed by atoms with Crippen molar-refractivity contribution in [1.29, 1.82) is 0 Å². The van der Waals surface area contributed by atoms with E-state index in [0.717, 1.165) is 18.5 Å². The van der Waals surface area contributed by atoms with Gasteiger partial charge in [0.05, 0.1) is 5.92 Å². The molecule has 0 bridgehead atoms. The van der Waals surface area contributed by atoms with Crippen molar-refractivity contribution < 1.29 is 13.2 Å². The molecule has 168 valence electrons. The normalized spacial score (nSPS) is 21.1. The number of benzene rings is 1. The van der Waals surface area contributed by atoms with Crippen molar-refractivity contribution in [2.75, 3.05) is 26.2 Å². The summed E-state index contributed by atoms with van der Waals surface area (Å²) in [4.78, 5) is 15.2. The maximum Gasteiger partial charge on any atom is 0.252 e. The van der Waals surface area contributed by atoms with Crippen LogP contribution in [-0.2, 0) is 27.9 Å². The minimum Gasteiger partial charge on any atom is -0.352 e. The van der Waals surface area contributed by atoms with Crippen LogP contribution in [0.4, 0.5) is 0 Å². The standard InChI is InChI=1S/C23H31N3O3S2/c27-23(21-6-4-14-26(18-21)31(28,29)22-7-5-15-30-22)24-16-19-8-10-20(11-9-19)17-25-12-2-1-3-13-25/h5,7-11,15,21H,1-4,6,12-14,16-18H2,(H,24,27)/t21-/m1/s1. The van der Waals surface area contributed by atoms with Crippen molar-refractivity contribution in [2.45, 2.75) is 49.4 Å². The lowest BCUT2D eigenvalue weighted by molar-refractivity contribution is -0.126. The third kappa shape index (κ3) is 5.74. The Morgan fingerprint density at radius 1 is 1.00 bits per heavy atom. The molecule has 1 atom stereocenters. The molecule has 1 amide bonds. The Morgan fingerprint density at radius 2 is 1.74 bits per heavy atom. The first-order chi connectivity index (χ1) is 15.0. The van der Waals surface area contributed by atoms with Crippen LogP contribution in [0.25, 0.3) is 0 Å². The van der Waals surface area contributed by atoms with Gasteiger partial charge in [0.1, 0.15) is 4.21 Å². The number of carbonyl (C=O) groups is 1. The zero-order valence-electron chi connectivity index (χ0n) is 17.8. The molecule has 0 aliphatic carbocycles. The largest absolute Gasteiger partial charge is 0.352 e. The number of sulfonamides is 1. The van der Waals surface area contributed by atoms with E-state index in [1.165, 1.54) is 53.6 Å².